The maximum atomic E-state index is 12.8. The Kier molecular flexibility index (Phi) is 6.84. The largest absolute Gasteiger partial charge is 0.452 e. The highest BCUT2D eigenvalue weighted by Crippen LogP contribution is 2.30. The molecule has 0 fully saturated rings. The number of amides is 1. The minimum atomic E-state index is -4.58. The van der Waals surface area contributed by atoms with Gasteiger partial charge in [0, 0.05) is 5.69 Å². The zero-order chi connectivity index (χ0) is 23.4. The number of hydrogen-bond acceptors (Lipinski definition) is 6. The molecule has 0 bridgehead atoms. The van der Waals surface area contributed by atoms with Crippen LogP contribution in [-0.2, 0) is 25.7 Å². The van der Waals surface area contributed by atoms with Crippen LogP contribution < -0.4 is 10.0 Å². The van der Waals surface area contributed by atoms with Crippen molar-refractivity contribution in [1.82, 2.24) is 0 Å². The van der Waals surface area contributed by atoms with Crippen molar-refractivity contribution in [3.05, 3.63) is 77.2 Å². The lowest BCUT2D eigenvalue weighted by atomic mass is 10.2. The van der Waals surface area contributed by atoms with Crippen LogP contribution in [0, 0.1) is 0 Å². The number of alkyl halides is 3. The average molecular weight is 484 g/mol. The Balaban J connectivity index is 1.65. The molecule has 3 rings (SSSR count). The summed E-state index contributed by atoms with van der Waals surface area (Å²) in [6.07, 6.45) is -4.58. The van der Waals surface area contributed by atoms with E-state index >= 15 is 0 Å². The second-order valence-corrected chi connectivity index (χ2v) is 9.14. The molecule has 32 heavy (non-hydrogen) atoms. The third-order valence-corrected chi connectivity index (χ3v) is 6.72. The number of para-hydroxylation sites is 1. The molecule has 0 saturated carbocycles. The lowest BCUT2D eigenvalue weighted by Crippen LogP contribution is -2.22. The third kappa shape index (κ3) is 5.86. The van der Waals surface area contributed by atoms with Crippen molar-refractivity contribution in [3.8, 4) is 0 Å². The highest BCUT2D eigenvalue weighted by Gasteiger charge is 2.30. The van der Waals surface area contributed by atoms with Gasteiger partial charge in [0.2, 0.25) is 0 Å². The number of benzene rings is 2. The Bertz CT molecular complexity index is 1230. The van der Waals surface area contributed by atoms with E-state index in [-0.39, 0.29) is 21.1 Å². The van der Waals surface area contributed by atoms with Gasteiger partial charge in [0.1, 0.15) is 4.21 Å². The summed E-state index contributed by atoms with van der Waals surface area (Å²) in [7, 11) is -3.92. The molecule has 2 aromatic carbocycles. The van der Waals surface area contributed by atoms with E-state index in [9.17, 15) is 31.2 Å². The molecule has 0 aliphatic heterocycles. The molecule has 0 aliphatic rings. The Morgan fingerprint density at radius 2 is 1.75 bits per heavy atom. The van der Waals surface area contributed by atoms with Crippen LogP contribution in [0.3, 0.4) is 0 Å². The van der Waals surface area contributed by atoms with Gasteiger partial charge >= 0.3 is 12.1 Å². The van der Waals surface area contributed by atoms with Gasteiger partial charge in [-0.2, -0.15) is 13.2 Å². The van der Waals surface area contributed by atoms with Crippen molar-refractivity contribution in [1.29, 1.82) is 0 Å². The fourth-order valence-corrected chi connectivity index (χ4v) is 4.61. The zero-order valence-electron chi connectivity index (χ0n) is 16.0. The van der Waals surface area contributed by atoms with Crippen LogP contribution in [0.4, 0.5) is 24.5 Å². The molecule has 0 atom stereocenters. The fraction of sp³-hybridized carbons (Fsp3) is 0.100. The Morgan fingerprint density at radius 1 is 1.00 bits per heavy atom. The first-order valence-corrected chi connectivity index (χ1v) is 11.2. The molecule has 3 aromatic rings. The number of halogens is 3. The molecule has 1 aromatic heterocycles. The Labute approximate surface area is 184 Å². The summed E-state index contributed by atoms with van der Waals surface area (Å²) in [5, 5.41) is 3.79. The average Bonchev–Trinajstić information content (AvgIpc) is 3.28. The number of rotatable bonds is 7. The van der Waals surface area contributed by atoms with Crippen molar-refractivity contribution >= 4 is 44.6 Å². The topological polar surface area (TPSA) is 102 Å². The van der Waals surface area contributed by atoms with Crippen LogP contribution in [0.15, 0.2) is 70.3 Å². The second kappa shape index (κ2) is 9.40. The quantitative estimate of drug-likeness (QED) is 0.485. The maximum absolute atomic E-state index is 12.8. The summed E-state index contributed by atoms with van der Waals surface area (Å²) in [5.74, 6) is -1.86. The van der Waals surface area contributed by atoms with Crippen LogP contribution in [0.5, 0.6) is 0 Å². The van der Waals surface area contributed by atoms with Crippen LogP contribution in [0.1, 0.15) is 15.9 Å². The molecule has 7 nitrogen and oxygen atoms in total. The minimum absolute atomic E-state index is 0.0427. The first kappa shape index (κ1) is 23.3. The van der Waals surface area contributed by atoms with Gasteiger partial charge in [0.05, 0.1) is 16.8 Å². The zero-order valence-corrected chi connectivity index (χ0v) is 17.7. The van der Waals surface area contributed by atoms with Crippen molar-refractivity contribution in [3.63, 3.8) is 0 Å². The smallest absolute Gasteiger partial charge is 0.416 e. The SMILES string of the molecule is O=C(COC(=O)c1ccccc1NS(=O)(=O)c1cccs1)Nc1cccc(C(F)(F)F)c1. The van der Waals surface area contributed by atoms with Crippen LogP contribution in [0.2, 0.25) is 0 Å². The van der Waals surface area contributed by atoms with Crippen molar-refractivity contribution < 1.29 is 35.9 Å². The monoisotopic (exact) mass is 484 g/mol. The molecule has 2 N–H and O–H groups in total. The molecule has 0 aliphatic carbocycles. The van der Waals surface area contributed by atoms with Crippen molar-refractivity contribution in [2.24, 2.45) is 0 Å². The second-order valence-electron chi connectivity index (χ2n) is 6.29. The maximum Gasteiger partial charge on any atom is 0.416 e. The first-order valence-electron chi connectivity index (χ1n) is 8.86. The first-order chi connectivity index (χ1) is 15.1. The number of thiophene rings is 1. The number of hydrogen-bond donors (Lipinski definition) is 2. The van der Waals surface area contributed by atoms with Gasteiger partial charge in [-0.3, -0.25) is 9.52 Å². The van der Waals surface area contributed by atoms with E-state index < -0.39 is 40.2 Å². The van der Waals surface area contributed by atoms with Crippen LogP contribution in [0.25, 0.3) is 0 Å². The number of esters is 1. The van der Waals surface area contributed by atoms with Gasteiger partial charge < -0.3 is 10.1 Å². The van der Waals surface area contributed by atoms with Gasteiger partial charge in [-0.05, 0) is 41.8 Å². The standard InChI is InChI=1S/C20H15F3N2O5S2/c21-20(22,23)13-5-3-6-14(11-13)24-17(26)12-30-19(27)15-7-1-2-8-16(15)25-32(28,29)18-9-4-10-31-18/h1-11,25H,12H2,(H,24,26). The highest BCUT2D eigenvalue weighted by molar-refractivity contribution is 7.94. The number of carbonyl (C=O) groups is 2. The fourth-order valence-electron chi connectivity index (χ4n) is 2.54. The molecule has 0 saturated heterocycles. The van der Waals surface area contributed by atoms with E-state index in [1.807, 2.05) is 0 Å². The number of ether oxygens (including phenoxy) is 1. The number of carbonyl (C=O) groups excluding carboxylic acids is 2. The molecule has 0 radical (unpaired) electrons. The summed E-state index contributed by atoms with van der Waals surface area (Å²) >= 11 is 0.991. The van der Waals surface area contributed by atoms with E-state index in [1.165, 1.54) is 36.4 Å². The summed E-state index contributed by atoms with van der Waals surface area (Å²) in [6, 6.07) is 12.6. The van der Waals surface area contributed by atoms with E-state index in [4.69, 9.17) is 4.74 Å². The molecular weight excluding hydrogens is 469 g/mol. The van der Waals surface area contributed by atoms with Crippen molar-refractivity contribution in [2.75, 3.05) is 16.6 Å². The van der Waals surface area contributed by atoms with Gasteiger partial charge in [-0.25, -0.2) is 13.2 Å². The molecule has 0 spiro atoms. The Hall–Kier alpha value is -3.38. The van der Waals surface area contributed by atoms with Gasteiger partial charge in [0.25, 0.3) is 15.9 Å². The van der Waals surface area contributed by atoms with E-state index in [0.717, 1.165) is 29.5 Å². The normalized spacial score (nSPS) is 11.6. The highest BCUT2D eigenvalue weighted by atomic mass is 32.2. The molecule has 12 heteroatoms. The lowest BCUT2D eigenvalue weighted by Gasteiger charge is -2.12. The number of nitrogens with one attached hydrogen (secondary N) is 2. The van der Waals surface area contributed by atoms with Gasteiger partial charge in [-0.15, -0.1) is 11.3 Å². The number of anilines is 2. The van der Waals surface area contributed by atoms with E-state index in [2.05, 4.69) is 10.0 Å². The van der Waals surface area contributed by atoms with Crippen molar-refractivity contribution in [2.45, 2.75) is 10.4 Å². The lowest BCUT2D eigenvalue weighted by molar-refractivity contribution is -0.137. The molecule has 1 heterocycles. The van der Waals surface area contributed by atoms with Gasteiger partial charge in [-0.1, -0.05) is 24.3 Å². The molecule has 0 unspecified atom stereocenters. The molecule has 1 amide bonds. The summed E-state index contributed by atoms with van der Waals surface area (Å²) in [4.78, 5) is 24.4. The Morgan fingerprint density at radius 3 is 2.44 bits per heavy atom. The minimum Gasteiger partial charge on any atom is -0.452 e. The summed E-state index contributed by atoms with van der Waals surface area (Å²) < 4.78 is 70.3. The predicted molar refractivity (Wildman–Crippen MR) is 112 cm³/mol. The van der Waals surface area contributed by atoms with Gasteiger partial charge in [0.15, 0.2) is 6.61 Å². The molecule has 168 valence electrons. The van der Waals surface area contributed by atoms with Crippen LogP contribution >= 0.6 is 11.3 Å². The van der Waals surface area contributed by atoms with E-state index in [0.29, 0.717) is 0 Å². The third-order valence-electron chi connectivity index (χ3n) is 3.96. The van der Waals surface area contributed by atoms with E-state index in [1.54, 1.807) is 11.4 Å². The summed E-state index contributed by atoms with van der Waals surface area (Å²) in [5.41, 5.74) is -1.26. The summed E-state index contributed by atoms with van der Waals surface area (Å²) in [6.45, 7) is -0.791. The molecular formula is C20H15F3N2O5S2. The number of sulfonamides is 1. The predicted octanol–water partition coefficient (Wildman–Crippen LogP) is 4.36. The van der Waals surface area contributed by atoms with Crippen LogP contribution in [-0.4, -0.2) is 26.9 Å².